The van der Waals surface area contributed by atoms with Crippen molar-refractivity contribution in [3.8, 4) is 22.8 Å². The second-order valence-electron chi connectivity index (χ2n) is 7.14. The number of hydrogen-bond acceptors (Lipinski definition) is 6. The highest BCUT2D eigenvalue weighted by Gasteiger charge is 2.49. The van der Waals surface area contributed by atoms with Gasteiger partial charge in [-0.2, -0.15) is 0 Å². The zero-order valence-corrected chi connectivity index (χ0v) is 15.8. The average molecular weight is 409 g/mol. The minimum atomic E-state index is -1.26. The number of imide groups is 1. The van der Waals surface area contributed by atoms with Crippen LogP contribution in [0, 0.1) is 5.82 Å². The fourth-order valence-electron chi connectivity index (χ4n) is 3.51. The predicted molar refractivity (Wildman–Crippen MR) is 101 cm³/mol. The van der Waals surface area contributed by atoms with Gasteiger partial charge in [0.05, 0.1) is 6.20 Å². The number of benzene rings is 2. The Balaban J connectivity index is 1.38. The maximum atomic E-state index is 13.1. The van der Waals surface area contributed by atoms with Crippen molar-refractivity contribution >= 4 is 11.9 Å². The van der Waals surface area contributed by atoms with Crippen molar-refractivity contribution in [3.05, 3.63) is 65.9 Å². The monoisotopic (exact) mass is 409 g/mol. The molecular weight excluding hydrogens is 393 g/mol. The Kier molecular flexibility index (Phi) is 3.99. The summed E-state index contributed by atoms with van der Waals surface area (Å²) in [6.07, 6.45) is 1.47. The van der Waals surface area contributed by atoms with E-state index in [0.717, 1.165) is 4.90 Å². The molecule has 0 unspecified atom stereocenters. The Morgan fingerprint density at radius 1 is 1.13 bits per heavy atom. The standard InChI is InChI=1S/C21H16FN3O5/c1-21(13-4-7-15-16(8-13)29-11-28-15)19(26)25(20(27)24-21)10-18-23-9-17(30-18)12-2-5-14(22)6-3-12/h2-9H,10-11H2,1H3,(H,24,27)/t21-/m0/s1. The molecule has 1 fully saturated rings. The zero-order valence-electron chi connectivity index (χ0n) is 15.8. The summed E-state index contributed by atoms with van der Waals surface area (Å²) in [7, 11) is 0. The number of oxazole rings is 1. The third-order valence-electron chi connectivity index (χ3n) is 5.20. The lowest BCUT2D eigenvalue weighted by molar-refractivity contribution is -0.131. The molecule has 1 N–H and O–H groups in total. The van der Waals surface area contributed by atoms with Gasteiger partial charge in [-0.15, -0.1) is 0 Å². The van der Waals surface area contributed by atoms with Crippen LogP contribution in [0.1, 0.15) is 18.4 Å². The molecule has 3 heterocycles. The Morgan fingerprint density at radius 2 is 1.90 bits per heavy atom. The van der Waals surface area contributed by atoms with E-state index in [2.05, 4.69) is 10.3 Å². The number of hydrogen-bond donors (Lipinski definition) is 1. The zero-order chi connectivity index (χ0) is 20.9. The van der Waals surface area contributed by atoms with E-state index in [-0.39, 0.29) is 25.0 Å². The predicted octanol–water partition coefficient (Wildman–Crippen LogP) is 3.18. The third-order valence-corrected chi connectivity index (χ3v) is 5.20. The number of rotatable bonds is 4. The van der Waals surface area contributed by atoms with Gasteiger partial charge in [0.15, 0.2) is 17.3 Å². The fraction of sp³-hybridized carbons (Fsp3) is 0.190. The molecule has 0 aliphatic carbocycles. The van der Waals surface area contributed by atoms with Gasteiger partial charge >= 0.3 is 6.03 Å². The van der Waals surface area contributed by atoms with Crippen LogP contribution in [0.4, 0.5) is 9.18 Å². The summed E-state index contributed by atoms with van der Waals surface area (Å²) in [4.78, 5) is 30.9. The van der Waals surface area contributed by atoms with Crippen molar-refractivity contribution in [1.29, 1.82) is 0 Å². The van der Waals surface area contributed by atoms with Crippen LogP contribution in [0.25, 0.3) is 11.3 Å². The maximum Gasteiger partial charge on any atom is 0.325 e. The minimum Gasteiger partial charge on any atom is -0.454 e. The largest absolute Gasteiger partial charge is 0.454 e. The molecule has 5 rings (SSSR count). The molecule has 2 aliphatic rings. The number of halogens is 1. The van der Waals surface area contributed by atoms with Crippen LogP contribution in [0.5, 0.6) is 11.5 Å². The molecule has 2 aromatic carbocycles. The van der Waals surface area contributed by atoms with E-state index in [4.69, 9.17) is 13.9 Å². The first-order chi connectivity index (χ1) is 14.4. The Hall–Kier alpha value is -3.88. The first kappa shape index (κ1) is 18.2. The van der Waals surface area contributed by atoms with Crippen molar-refractivity contribution < 1.29 is 27.9 Å². The molecule has 8 nitrogen and oxygen atoms in total. The van der Waals surface area contributed by atoms with E-state index < -0.39 is 17.5 Å². The smallest absolute Gasteiger partial charge is 0.325 e. The fourth-order valence-corrected chi connectivity index (χ4v) is 3.51. The van der Waals surface area contributed by atoms with Crippen molar-refractivity contribution in [3.63, 3.8) is 0 Å². The van der Waals surface area contributed by atoms with Gasteiger partial charge in [0, 0.05) is 5.56 Å². The number of nitrogens with zero attached hydrogens (tertiary/aromatic N) is 2. The highest BCUT2D eigenvalue weighted by molar-refractivity contribution is 6.07. The van der Waals surface area contributed by atoms with Crippen molar-refractivity contribution in [2.24, 2.45) is 0 Å². The molecule has 30 heavy (non-hydrogen) atoms. The first-order valence-corrected chi connectivity index (χ1v) is 9.19. The highest BCUT2D eigenvalue weighted by Crippen LogP contribution is 2.38. The number of urea groups is 1. The van der Waals surface area contributed by atoms with Gasteiger partial charge in [0.25, 0.3) is 5.91 Å². The number of carbonyl (C=O) groups excluding carboxylic acids is 2. The van der Waals surface area contributed by atoms with Crippen LogP contribution in [-0.4, -0.2) is 28.6 Å². The van der Waals surface area contributed by atoms with Gasteiger partial charge in [-0.25, -0.2) is 14.2 Å². The number of carbonyl (C=O) groups is 2. The van der Waals surface area contributed by atoms with E-state index in [0.29, 0.717) is 28.4 Å². The van der Waals surface area contributed by atoms with Crippen LogP contribution < -0.4 is 14.8 Å². The number of ether oxygens (including phenoxy) is 2. The van der Waals surface area contributed by atoms with Crippen LogP contribution >= 0.6 is 0 Å². The Labute approximate surface area is 170 Å². The van der Waals surface area contributed by atoms with E-state index in [1.165, 1.54) is 18.3 Å². The maximum absolute atomic E-state index is 13.1. The van der Waals surface area contributed by atoms with Gasteiger partial charge in [-0.05, 0) is 48.9 Å². The van der Waals surface area contributed by atoms with Crippen molar-refractivity contribution in [1.82, 2.24) is 15.2 Å². The van der Waals surface area contributed by atoms with E-state index in [9.17, 15) is 14.0 Å². The van der Waals surface area contributed by atoms with Gasteiger partial charge in [-0.3, -0.25) is 9.69 Å². The summed E-state index contributed by atoms with van der Waals surface area (Å²) in [5.41, 5.74) is -0.0469. The normalized spacial score (nSPS) is 20.0. The summed E-state index contributed by atoms with van der Waals surface area (Å²) in [5, 5.41) is 2.73. The lowest BCUT2D eigenvalue weighted by Crippen LogP contribution is -2.40. The third kappa shape index (κ3) is 2.86. The van der Waals surface area contributed by atoms with Crippen LogP contribution in [-0.2, 0) is 16.9 Å². The quantitative estimate of drug-likeness (QED) is 0.666. The molecule has 0 spiro atoms. The molecule has 1 atom stereocenters. The van der Waals surface area contributed by atoms with E-state index in [1.807, 2.05) is 0 Å². The topological polar surface area (TPSA) is 93.9 Å². The minimum absolute atomic E-state index is 0.114. The molecule has 0 bridgehead atoms. The molecular formula is C21H16FN3O5. The van der Waals surface area contributed by atoms with Crippen molar-refractivity contribution in [2.75, 3.05) is 6.79 Å². The van der Waals surface area contributed by atoms with Gasteiger partial charge < -0.3 is 19.2 Å². The molecule has 0 radical (unpaired) electrons. The molecule has 2 aliphatic heterocycles. The van der Waals surface area contributed by atoms with Gasteiger partial charge in [-0.1, -0.05) is 6.07 Å². The lowest BCUT2D eigenvalue weighted by atomic mass is 9.91. The SMILES string of the molecule is C[C@@]1(c2ccc3c(c2)OCO3)NC(=O)N(Cc2ncc(-c3ccc(F)cc3)o2)C1=O. The summed E-state index contributed by atoms with van der Waals surface area (Å²) < 4.78 is 29.4. The molecule has 3 amide bonds. The molecule has 1 aromatic heterocycles. The molecule has 1 saturated heterocycles. The van der Waals surface area contributed by atoms with Crippen molar-refractivity contribution in [2.45, 2.75) is 19.0 Å². The number of fused-ring (bicyclic) bond motifs is 1. The van der Waals surface area contributed by atoms with E-state index >= 15 is 0 Å². The summed E-state index contributed by atoms with van der Waals surface area (Å²) in [5.74, 6) is 0.909. The van der Waals surface area contributed by atoms with Crippen LogP contribution in [0.3, 0.4) is 0 Å². The first-order valence-electron chi connectivity index (χ1n) is 9.19. The highest BCUT2D eigenvalue weighted by atomic mass is 19.1. The van der Waals surface area contributed by atoms with E-state index in [1.54, 1.807) is 37.3 Å². The molecule has 0 saturated carbocycles. The molecule has 3 aromatic rings. The number of nitrogens with one attached hydrogen (secondary N) is 1. The number of amides is 3. The molecule has 152 valence electrons. The van der Waals surface area contributed by atoms with Crippen LogP contribution in [0.2, 0.25) is 0 Å². The Morgan fingerprint density at radius 3 is 2.70 bits per heavy atom. The lowest BCUT2D eigenvalue weighted by Gasteiger charge is -2.22. The van der Waals surface area contributed by atoms with Gasteiger partial charge in [0.1, 0.15) is 17.9 Å². The summed E-state index contributed by atoms with van der Waals surface area (Å²) >= 11 is 0. The average Bonchev–Trinajstić information content (AvgIpc) is 3.44. The number of aromatic nitrogens is 1. The van der Waals surface area contributed by atoms with Gasteiger partial charge in [0.2, 0.25) is 12.7 Å². The van der Waals surface area contributed by atoms with Crippen LogP contribution in [0.15, 0.2) is 53.1 Å². The second-order valence-corrected chi connectivity index (χ2v) is 7.14. The summed E-state index contributed by atoms with van der Waals surface area (Å²) in [6, 6.07) is 10.3. The molecule has 9 heteroatoms. The summed E-state index contributed by atoms with van der Waals surface area (Å²) in [6.45, 7) is 1.61. The Bertz CT molecular complexity index is 1160. The second kappa shape index (κ2) is 6.58.